The van der Waals surface area contributed by atoms with Crippen molar-refractivity contribution in [2.75, 3.05) is 11.5 Å². The molecule has 208 valence electrons. The Balaban J connectivity index is 1.74. The normalized spacial score (nSPS) is 14.1. The molecule has 0 fully saturated rings. The maximum Gasteiger partial charge on any atom is 0.326 e. The van der Waals surface area contributed by atoms with Crippen molar-refractivity contribution in [3.05, 3.63) is 65.9 Å². The Kier molecular flexibility index (Phi) is 10.7. The summed E-state index contributed by atoms with van der Waals surface area (Å²) in [6, 6.07) is 8.85. The van der Waals surface area contributed by atoms with Gasteiger partial charge >= 0.3 is 5.97 Å². The minimum Gasteiger partial charge on any atom is -0.508 e. The summed E-state index contributed by atoms with van der Waals surface area (Å²) < 4.78 is 0. The van der Waals surface area contributed by atoms with Crippen molar-refractivity contribution >= 4 is 59.9 Å². The van der Waals surface area contributed by atoms with Gasteiger partial charge in [0.15, 0.2) is 0 Å². The van der Waals surface area contributed by atoms with Gasteiger partial charge in [0.1, 0.15) is 23.9 Å². The zero-order chi connectivity index (χ0) is 28.5. The molecule has 0 radical (unpaired) electrons. The number of hydrogen-bond donors (Lipinski definition) is 9. The number of nitrogens with two attached hydrogens (primary N) is 1. The molecule has 11 nitrogen and oxygen atoms in total. The van der Waals surface area contributed by atoms with E-state index < -0.39 is 47.9 Å². The molecular formula is C26H31N5O6S2. The van der Waals surface area contributed by atoms with Crippen LogP contribution in [0, 0.1) is 0 Å². The fourth-order valence-corrected chi connectivity index (χ4v) is 4.32. The molecule has 0 bridgehead atoms. The first-order valence-corrected chi connectivity index (χ1v) is 13.3. The van der Waals surface area contributed by atoms with Crippen molar-refractivity contribution in [1.29, 1.82) is 0 Å². The molecule has 1 aromatic heterocycles. The SMILES string of the molecule is NC(CS)C(=O)NC(Cc1c[nH]c2ccccc12)C(=O)NC(CS)C(=O)NC(Cc1ccc(O)cc1)C(=O)O. The van der Waals surface area contributed by atoms with E-state index in [0.717, 1.165) is 16.5 Å². The molecule has 0 spiro atoms. The molecule has 39 heavy (non-hydrogen) atoms. The fraction of sp³-hybridized carbons (Fsp3) is 0.308. The summed E-state index contributed by atoms with van der Waals surface area (Å²) >= 11 is 8.20. The quantitative estimate of drug-likeness (QED) is 0.132. The zero-order valence-electron chi connectivity index (χ0n) is 20.8. The van der Waals surface area contributed by atoms with Crippen LogP contribution < -0.4 is 21.7 Å². The predicted octanol–water partition coefficient (Wildman–Crippen LogP) is 0.385. The van der Waals surface area contributed by atoms with Gasteiger partial charge in [-0.15, -0.1) is 0 Å². The van der Waals surface area contributed by atoms with E-state index in [2.05, 4.69) is 46.2 Å². The van der Waals surface area contributed by atoms with Gasteiger partial charge in [0.25, 0.3) is 0 Å². The van der Waals surface area contributed by atoms with Gasteiger partial charge in [0.2, 0.25) is 17.7 Å². The first-order valence-electron chi connectivity index (χ1n) is 12.1. The lowest BCUT2D eigenvalue weighted by atomic mass is 10.0. The highest BCUT2D eigenvalue weighted by Gasteiger charge is 2.30. The summed E-state index contributed by atoms with van der Waals surface area (Å²) in [4.78, 5) is 53.7. The molecule has 13 heteroatoms. The predicted molar refractivity (Wildman–Crippen MR) is 153 cm³/mol. The van der Waals surface area contributed by atoms with E-state index in [1.165, 1.54) is 12.1 Å². The fourth-order valence-electron chi connectivity index (χ4n) is 3.90. The Morgan fingerprint density at radius 2 is 1.44 bits per heavy atom. The van der Waals surface area contributed by atoms with E-state index in [0.29, 0.717) is 5.56 Å². The van der Waals surface area contributed by atoms with Crippen LogP contribution in [0.4, 0.5) is 0 Å². The molecule has 0 aliphatic carbocycles. The van der Waals surface area contributed by atoms with Crippen LogP contribution in [0.3, 0.4) is 0 Å². The van der Waals surface area contributed by atoms with Gasteiger partial charge in [-0.05, 0) is 29.3 Å². The van der Waals surface area contributed by atoms with Crippen molar-refractivity contribution in [3.63, 3.8) is 0 Å². The Labute approximate surface area is 235 Å². The standard InChI is InChI=1S/C26H31N5O6S2/c27-18(12-38)23(33)29-20(10-15-11-28-19-4-2-1-3-17(15)19)24(34)31-22(13-39)25(35)30-21(26(36)37)9-14-5-7-16(32)8-6-14/h1-8,11,18,20-22,28,32,38-39H,9-10,12-13,27H2,(H,29,33)(H,30,35)(H,31,34)(H,36,37). The Hall–Kier alpha value is -3.68. The van der Waals surface area contributed by atoms with Crippen molar-refractivity contribution in [1.82, 2.24) is 20.9 Å². The average Bonchev–Trinajstić information content (AvgIpc) is 3.33. The van der Waals surface area contributed by atoms with Crippen LogP contribution in [0.5, 0.6) is 5.75 Å². The number of H-pyrrole nitrogens is 1. The number of carboxylic acid groups (broad SMARTS) is 1. The topological polar surface area (TPSA) is 187 Å². The lowest BCUT2D eigenvalue weighted by Crippen LogP contribution is -2.58. The number of phenolic OH excluding ortho intramolecular Hbond substituents is 1. The number of aromatic hydroxyl groups is 1. The number of amides is 3. The van der Waals surface area contributed by atoms with E-state index in [1.807, 2.05) is 24.3 Å². The van der Waals surface area contributed by atoms with E-state index in [-0.39, 0.29) is 30.1 Å². The Morgan fingerprint density at radius 3 is 2.08 bits per heavy atom. The third kappa shape index (κ3) is 8.15. The molecule has 3 aromatic rings. The molecule has 3 rings (SSSR count). The summed E-state index contributed by atoms with van der Waals surface area (Å²) in [6.07, 6.45) is 1.79. The summed E-state index contributed by atoms with van der Waals surface area (Å²) in [5.74, 6) is -3.33. The Bertz CT molecular complexity index is 1320. The lowest BCUT2D eigenvalue weighted by Gasteiger charge is -2.24. The summed E-state index contributed by atoms with van der Waals surface area (Å²) in [6.45, 7) is 0. The molecule has 1 heterocycles. The van der Waals surface area contributed by atoms with Gasteiger partial charge in [0, 0.05) is 41.4 Å². The minimum atomic E-state index is -1.29. The molecule has 0 saturated heterocycles. The number of fused-ring (bicyclic) bond motifs is 1. The Morgan fingerprint density at radius 1 is 0.821 bits per heavy atom. The van der Waals surface area contributed by atoms with Gasteiger partial charge in [-0.25, -0.2) is 4.79 Å². The number of hydrogen-bond acceptors (Lipinski definition) is 8. The van der Waals surface area contributed by atoms with Crippen molar-refractivity contribution < 1.29 is 29.4 Å². The third-order valence-corrected chi connectivity index (χ3v) is 6.83. The van der Waals surface area contributed by atoms with Crippen molar-refractivity contribution in [2.24, 2.45) is 5.73 Å². The number of carboxylic acids is 1. The summed E-state index contributed by atoms with van der Waals surface area (Å²) in [7, 11) is 0. The van der Waals surface area contributed by atoms with Gasteiger partial charge in [-0.3, -0.25) is 14.4 Å². The highest BCUT2D eigenvalue weighted by atomic mass is 32.1. The second-order valence-corrected chi connectivity index (χ2v) is 9.66. The second kappa shape index (κ2) is 13.9. The minimum absolute atomic E-state index is 0.0251. The third-order valence-electron chi connectivity index (χ3n) is 6.07. The van der Waals surface area contributed by atoms with E-state index in [9.17, 15) is 29.4 Å². The largest absolute Gasteiger partial charge is 0.508 e. The number of nitrogens with one attached hydrogen (secondary N) is 4. The molecule has 0 saturated carbocycles. The molecule has 4 atom stereocenters. The molecule has 0 aliphatic rings. The number of phenols is 1. The van der Waals surface area contributed by atoms with Gasteiger partial charge in [-0.1, -0.05) is 30.3 Å². The second-order valence-electron chi connectivity index (χ2n) is 8.93. The van der Waals surface area contributed by atoms with E-state index in [4.69, 9.17) is 5.73 Å². The summed E-state index contributed by atoms with van der Waals surface area (Å²) in [5, 5.41) is 27.5. The first kappa shape index (κ1) is 29.9. The number of thiol groups is 2. The van der Waals surface area contributed by atoms with Gasteiger partial charge in [-0.2, -0.15) is 25.3 Å². The number of para-hydroxylation sites is 1. The van der Waals surface area contributed by atoms with Gasteiger partial charge < -0.3 is 36.9 Å². The van der Waals surface area contributed by atoms with E-state index >= 15 is 0 Å². The highest BCUT2D eigenvalue weighted by Crippen LogP contribution is 2.19. The van der Waals surface area contributed by atoms with Crippen molar-refractivity contribution in [2.45, 2.75) is 37.0 Å². The monoisotopic (exact) mass is 573 g/mol. The smallest absolute Gasteiger partial charge is 0.326 e. The maximum atomic E-state index is 13.3. The molecule has 3 amide bonds. The van der Waals surface area contributed by atoms with E-state index in [1.54, 1.807) is 18.3 Å². The van der Waals surface area contributed by atoms with Crippen LogP contribution in [-0.2, 0) is 32.0 Å². The van der Waals surface area contributed by atoms with Crippen LogP contribution in [0.15, 0.2) is 54.7 Å². The van der Waals surface area contributed by atoms with Crippen LogP contribution >= 0.6 is 25.3 Å². The lowest BCUT2D eigenvalue weighted by molar-refractivity contribution is -0.142. The van der Waals surface area contributed by atoms with Crippen LogP contribution in [0.2, 0.25) is 0 Å². The number of benzene rings is 2. The molecule has 2 aromatic carbocycles. The number of carbonyl (C=O) groups excluding carboxylic acids is 3. The maximum absolute atomic E-state index is 13.3. The van der Waals surface area contributed by atoms with Crippen molar-refractivity contribution in [3.8, 4) is 5.75 Å². The average molecular weight is 574 g/mol. The first-order chi connectivity index (χ1) is 18.6. The molecule has 8 N–H and O–H groups in total. The van der Waals surface area contributed by atoms with Crippen LogP contribution in [0.1, 0.15) is 11.1 Å². The number of aliphatic carboxylic acids is 1. The number of rotatable bonds is 13. The summed E-state index contributed by atoms with van der Waals surface area (Å²) in [5.41, 5.74) is 7.98. The number of aromatic nitrogens is 1. The molecule has 4 unspecified atom stereocenters. The number of aromatic amines is 1. The molecule has 0 aliphatic heterocycles. The van der Waals surface area contributed by atoms with Gasteiger partial charge in [0.05, 0.1) is 6.04 Å². The number of carbonyl (C=O) groups is 4. The highest BCUT2D eigenvalue weighted by molar-refractivity contribution is 7.80. The van der Waals surface area contributed by atoms with Crippen LogP contribution in [-0.4, -0.2) is 74.6 Å². The van der Waals surface area contributed by atoms with Crippen LogP contribution in [0.25, 0.3) is 10.9 Å². The zero-order valence-corrected chi connectivity index (χ0v) is 22.6. The molecular weight excluding hydrogens is 542 g/mol.